The van der Waals surface area contributed by atoms with Crippen LogP contribution in [-0.2, 0) is 22.1 Å². The maximum absolute atomic E-state index is 14.6. The van der Waals surface area contributed by atoms with Gasteiger partial charge in [0.25, 0.3) is 5.91 Å². The first kappa shape index (κ1) is 27.8. The van der Waals surface area contributed by atoms with Gasteiger partial charge in [-0.15, -0.1) is 0 Å². The Morgan fingerprint density at radius 3 is 2.67 bits per heavy atom. The van der Waals surface area contributed by atoms with Crippen molar-refractivity contribution in [1.82, 2.24) is 15.3 Å². The fraction of sp³-hybridized carbons (Fsp3) is 0.308. The second kappa shape index (κ2) is 11.6. The highest BCUT2D eigenvalue weighted by atomic mass is 19.4. The molecular formula is C26H26F4N6O3. The van der Waals surface area contributed by atoms with Crippen LogP contribution in [-0.4, -0.2) is 49.1 Å². The summed E-state index contributed by atoms with van der Waals surface area (Å²) in [5, 5.41) is 7.52. The van der Waals surface area contributed by atoms with Gasteiger partial charge in [0.2, 0.25) is 11.9 Å². The zero-order valence-corrected chi connectivity index (χ0v) is 21.2. The number of nitrogens with one attached hydrogen (secondary N) is 3. The molecule has 2 heterocycles. The van der Waals surface area contributed by atoms with Crippen molar-refractivity contribution in [3.8, 4) is 0 Å². The number of nitrogens with zero attached hydrogens (tertiary/aromatic N) is 3. The van der Waals surface area contributed by atoms with Gasteiger partial charge in [0.05, 0.1) is 17.9 Å². The van der Waals surface area contributed by atoms with E-state index in [2.05, 4.69) is 25.9 Å². The molecule has 1 aromatic heterocycles. The van der Waals surface area contributed by atoms with Crippen molar-refractivity contribution >= 4 is 40.6 Å². The Morgan fingerprint density at radius 2 is 1.95 bits per heavy atom. The summed E-state index contributed by atoms with van der Waals surface area (Å²) in [5.74, 6) is -2.66. The highest BCUT2D eigenvalue weighted by Gasteiger charge is 2.36. The summed E-state index contributed by atoms with van der Waals surface area (Å²) in [4.78, 5) is 34.3. The molecule has 39 heavy (non-hydrogen) atoms. The minimum atomic E-state index is -4.87. The average molecular weight is 547 g/mol. The fourth-order valence-corrected chi connectivity index (χ4v) is 4.20. The third-order valence-electron chi connectivity index (χ3n) is 6.11. The number of para-hydroxylation sites is 1. The number of rotatable bonds is 8. The van der Waals surface area contributed by atoms with Gasteiger partial charge < -0.3 is 25.6 Å². The molecule has 0 aliphatic carbocycles. The Balaban J connectivity index is 1.71. The maximum Gasteiger partial charge on any atom is 0.421 e. The van der Waals surface area contributed by atoms with E-state index < -0.39 is 35.0 Å². The molecule has 0 saturated heterocycles. The Morgan fingerprint density at radius 1 is 1.15 bits per heavy atom. The molecule has 0 saturated carbocycles. The van der Waals surface area contributed by atoms with Crippen molar-refractivity contribution in [2.24, 2.45) is 0 Å². The Hall–Kier alpha value is -4.26. The summed E-state index contributed by atoms with van der Waals surface area (Å²) >= 11 is 0. The van der Waals surface area contributed by atoms with Crippen molar-refractivity contribution in [1.29, 1.82) is 0 Å². The first-order valence-electron chi connectivity index (χ1n) is 12.0. The molecule has 0 fully saturated rings. The van der Waals surface area contributed by atoms with E-state index >= 15 is 0 Å². The zero-order chi connectivity index (χ0) is 28.2. The van der Waals surface area contributed by atoms with E-state index in [-0.39, 0.29) is 17.4 Å². The molecular weight excluding hydrogens is 520 g/mol. The zero-order valence-electron chi connectivity index (χ0n) is 21.2. The SMILES string of the molecule is CNC(=O)c1cccc(F)c1Nc1nc(Nc2ccc3c(c2)N(CCOC)C(=O)CCC3)ncc1C(F)(F)F. The molecule has 1 aliphatic rings. The van der Waals surface area contributed by atoms with E-state index in [0.29, 0.717) is 50.0 Å². The molecule has 13 heteroatoms. The molecule has 1 aliphatic heterocycles. The quantitative estimate of drug-likeness (QED) is 0.349. The van der Waals surface area contributed by atoms with Gasteiger partial charge in [-0.1, -0.05) is 12.1 Å². The maximum atomic E-state index is 14.6. The van der Waals surface area contributed by atoms with Crippen LogP contribution in [0.5, 0.6) is 0 Å². The van der Waals surface area contributed by atoms with Gasteiger partial charge in [-0.25, -0.2) is 9.37 Å². The number of amides is 2. The molecule has 0 spiro atoms. The number of carbonyl (C=O) groups is 2. The minimum absolute atomic E-state index is 0.0583. The lowest BCUT2D eigenvalue weighted by atomic mass is 10.1. The molecule has 2 amide bonds. The first-order valence-corrected chi connectivity index (χ1v) is 12.0. The summed E-state index contributed by atoms with van der Waals surface area (Å²) in [6.45, 7) is 0.668. The molecule has 2 aromatic carbocycles. The lowest BCUT2D eigenvalue weighted by molar-refractivity contribution is -0.137. The summed E-state index contributed by atoms with van der Waals surface area (Å²) in [5.41, 5.74) is 0.103. The van der Waals surface area contributed by atoms with E-state index in [1.54, 1.807) is 17.0 Å². The van der Waals surface area contributed by atoms with Crippen LogP contribution in [0.1, 0.15) is 34.3 Å². The van der Waals surface area contributed by atoms with Crippen LogP contribution in [0, 0.1) is 5.82 Å². The Kier molecular flexibility index (Phi) is 8.29. The number of hydrogen-bond acceptors (Lipinski definition) is 7. The molecule has 3 N–H and O–H groups in total. The second-order valence-corrected chi connectivity index (χ2v) is 8.68. The highest BCUT2D eigenvalue weighted by molar-refractivity contribution is 6.00. The molecule has 4 rings (SSSR count). The monoisotopic (exact) mass is 546 g/mol. The predicted molar refractivity (Wildman–Crippen MR) is 137 cm³/mol. The summed E-state index contributed by atoms with van der Waals surface area (Å²) in [7, 11) is 2.85. The largest absolute Gasteiger partial charge is 0.421 e. The van der Waals surface area contributed by atoms with Gasteiger partial charge in [-0.2, -0.15) is 18.2 Å². The van der Waals surface area contributed by atoms with Gasteiger partial charge in [0, 0.05) is 44.7 Å². The van der Waals surface area contributed by atoms with Crippen molar-refractivity contribution in [3.63, 3.8) is 0 Å². The second-order valence-electron chi connectivity index (χ2n) is 8.68. The summed E-state index contributed by atoms with van der Waals surface area (Å²) in [6.07, 6.45) is -2.55. The van der Waals surface area contributed by atoms with Crippen molar-refractivity contribution < 1.29 is 31.9 Å². The van der Waals surface area contributed by atoms with Crippen LogP contribution >= 0.6 is 0 Å². The van der Waals surface area contributed by atoms with E-state index in [1.165, 1.54) is 26.3 Å². The van der Waals surface area contributed by atoms with Crippen molar-refractivity contribution in [2.45, 2.75) is 25.4 Å². The van der Waals surface area contributed by atoms with Gasteiger partial charge in [-0.05, 0) is 42.7 Å². The first-order chi connectivity index (χ1) is 18.6. The van der Waals surface area contributed by atoms with E-state index in [0.717, 1.165) is 11.6 Å². The lowest BCUT2D eigenvalue weighted by Gasteiger charge is -2.23. The molecule has 9 nitrogen and oxygen atoms in total. The standard InChI is InChI=1S/C26H26F4N6O3/c1-31-24(38)17-6-4-7-19(27)22(17)34-23-18(26(28,29)30)14-32-25(35-23)33-16-10-9-15-5-3-8-21(37)36(11-12-39-2)20(15)13-16/h4,6-7,9-10,13-14H,3,5,8,11-12H2,1-2H3,(H,31,38)(H2,32,33,34,35). The van der Waals surface area contributed by atoms with Crippen LogP contribution in [0.2, 0.25) is 0 Å². The van der Waals surface area contributed by atoms with Crippen molar-refractivity contribution in [2.75, 3.05) is 42.8 Å². The van der Waals surface area contributed by atoms with E-state index in [9.17, 15) is 27.2 Å². The number of ether oxygens (including phenoxy) is 1. The number of anilines is 5. The number of carbonyl (C=O) groups excluding carboxylic acids is 2. The topological polar surface area (TPSA) is 108 Å². The van der Waals surface area contributed by atoms with Crippen LogP contribution in [0.25, 0.3) is 0 Å². The smallest absolute Gasteiger partial charge is 0.383 e. The van der Waals surface area contributed by atoms with Gasteiger partial charge in [0.1, 0.15) is 17.2 Å². The minimum Gasteiger partial charge on any atom is -0.383 e. The third-order valence-corrected chi connectivity index (χ3v) is 6.11. The predicted octanol–water partition coefficient (Wildman–Crippen LogP) is 4.80. The number of halogens is 4. The number of aromatic nitrogens is 2. The van der Waals surface area contributed by atoms with Crippen LogP contribution in [0.4, 0.5) is 46.4 Å². The fourth-order valence-electron chi connectivity index (χ4n) is 4.20. The number of fused-ring (bicyclic) bond motifs is 1. The number of hydrogen-bond donors (Lipinski definition) is 3. The van der Waals surface area contributed by atoms with Crippen LogP contribution in [0.3, 0.4) is 0 Å². The van der Waals surface area contributed by atoms with E-state index in [1.807, 2.05) is 6.07 Å². The normalized spacial score (nSPS) is 13.5. The van der Waals surface area contributed by atoms with Crippen LogP contribution in [0.15, 0.2) is 42.6 Å². The number of methoxy groups -OCH3 is 1. The van der Waals surface area contributed by atoms with Crippen LogP contribution < -0.4 is 20.9 Å². The molecule has 0 bridgehead atoms. The highest BCUT2D eigenvalue weighted by Crippen LogP contribution is 2.37. The summed E-state index contributed by atoms with van der Waals surface area (Å²) in [6, 6.07) is 8.77. The van der Waals surface area contributed by atoms with E-state index in [4.69, 9.17) is 4.74 Å². The van der Waals surface area contributed by atoms with Gasteiger partial charge >= 0.3 is 6.18 Å². The molecule has 0 unspecified atom stereocenters. The lowest BCUT2D eigenvalue weighted by Crippen LogP contribution is -2.33. The molecule has 206 valence electrons. The average Bonchev–Trinajstić information content (AvgIpc) is 3.05. The summed E-state index contributed by atoms with van der Waals surface area (Å²) < 4.78 is 61.1. The molecule has 3 aromatic rings. The number of alkyl halides is 3. The number of benzene rings is 2. The van der Waals surface area contributed by atoms with Crippen molar-refractivity contribution in [3.05, 3.63) is 65.1 Å². The number of aryl methyl sites for hydroxylation is 1. The molecule has 0 atom stereocenters. The Labute approximate surface area is 221 Å². The van der Waals surface area contributed by atoms with Gasteiger partial charge in [0.15, 0.2) is 0 Å². The molecule has 0 radical (unpaired) electrons. The Bertz CT molecular complexity index is 1380. The van der Waals surface area contributed by atoms with Gasteiger partial charge in [-0.3, -0.25) is 9.59 Å². The third kappa shape index (κ3) is 6.25.